The topological polar surface area (TPSA) is 78.4 Å². The molecule has 0 spiro atoms. The molecule has 1 saturated carbocycles. The minimum Gasteiger partial charge on any atom is -0.481 e. The van der Waals surface area contributed by atoms with Gasteiger partial charge in [-0.25, -0.2) is 13.6 Å². The van der Waals surface area contributed by atoms with Crippen LogP contribution >= 0.6 is 0 Å². The number of halogens is 2. The van der Waals surface area contributed by atoms with Gasteiger partial charge in [-0.2, -0.15) is 0 Å². The van der Waals surface area contributed by atoms with Crippen LogP contribution in [0.2, 0.25) is 0 Å². The maximum absolute atomic E-state index is 12.6. The number of carboxylic acid groups (broad SMARTS) is 1. The molecule has 0 bridgehead atoms. The van der Waals surface area contributed by atoms with Crippen molar-refractivity contribution in [3.63, 3.8) is 0 Å². The molecule has 0 atom stereocenters. The van der Waals surface area contributed by atoms with Gasteiger partial charge in [-0.3, -0.25) is 4.79 Å². The molecule has 1 aliphatic rings. The fraction of sp³-hybridized carbons (Fsp3) is 0.467. The number of carbonyl (C=O) groups is 2. The van der Waals surface area contributed by atoms with Crippen LogP contribution in [-0.2, 0) is 4.79 Å². The van der Waals surface area contributed by atoms with Crippen molar-refractivity contribution in [1.82, 2.24) is 5.32 Å². The van der Waals surface area contributed by atoms with Crippen molar-refractivity contribution in [2.75, 3.05) is 5.32 Å². The van der Waals surface area contributed by atoms with E-state index in [1.807, 2.05) is 0 Å². The number of nitrogens with one attached hydrogen (secondary N) is 2. The number of hydrogen-bond acceptors (Lipinski definition) is 2. The molecule has 7 heteroatoms. The first kappa shape index (κ1) is 16.2. The van der Waals surface area contributed by atoms with Crippen molar-refractivity contribution in [2.24, 2.45) is 5.92 Å². The average Bonchev–Trinajstić information content (AvgIpc) is 2.47. The Balaban J connectivity index is 1.83. The Hall–Kier alpha value is -2.18. The number of rotatable bonds is 4. The van der Waals surface area contributed by atoms with E-state index in [0.29, 0.717) is 31.4 Å². The third-order valence-electron chi connectivity index (χ3n) is 3.81. The van der Waals surface area contributed by atoms with E-state index >= 15 is 0 Å². The predicted molar refractivity (Wildman–Crippen MR) is 76.9 cm³/mol. The highest BCUT2D eigenvalue weighted by Crippen LogP contribution is 2.25. The van der Waals surface area contributed by atoms with E-state index in [9.17, 15) is 18.4 Å². The van der Waals surface area contributed by atoms with Crippen molar-refractivity contribution < 1.29 is 23.5 Å². The molecule has 120 valence electrons. The van der Waals surface area contributed by atoms with Crippen LogP contribution in [0.5, 0.6) is 0 Å². The molecule has 1 aromatic rings. The number of benzene rings is 1. The van der Waals surface area contributed by atoms with E-state index < -0.39 is 18.4 Å². The molecule has 1 aromatic carbocycles. The third-order valence-corrected chi connectivity index (χ3v) is 3.81. The van der Waals surface area contributed by atoms with E-state index in [1.165, 1.54) is 24.3 Å². The molecule has 22 heavy (non-hydrogen) atoms. The zero-order chi connectivity index (χ0) is 16.1. The summed E-state index contributed by atoms with van der Waals surface area (Å²) in [4.78, 5) is 22.7. The number of carbonyl (C=O) groups excluding carboxylic acids is 1. The molecule has 0 heterocycles. The number of carboxylic acids is 1. The molecular formula is C15H18F2N2O3. The second-order valence-corrected chi connectivity index (χ2v) is 5.41. The van der Waals surface area contributed by atoms with Crippen LogP contribution < -0.4 is 10.6 Å². The van der Waals surface area contributed by atoms with Crippen LogP contribution in [-0.4, -0.2) is 23.1 Å². The Kier molecular flexibility index (Phi) is 5.30. The van der Waals surface area contributed by atoms with Crippen LogP contribution in [0.4, 0.5) is 19.3 Å². The molecule has 0 aliphatic heterocycles. The summed E-state index contributed by atoms with van der Waals surface area (Å²) in [6.07, 6.45) is -0.332. The Morgan fingerprint density at radius 3 is 2.45 bits per heavy atom. The normalized spacial score (nSPS) is 21.4. The molecule has 5 nitrogen and oxygen atoms in total. The van der Waals surface area contributed by atoms with E-state index in [4.69, 9.17) is 5.11 Å². The Bertz CT molecular complexity index is 543. The summed E-state index contributed by atoms with van der Waals surface area (Å²) < 4.78 is 25.2. The van der Waals surface area contributed by atoms with E-state index in [2.05, 4.69) is 10.6 Å². The highest BCUT2D eigenvalue weighted by atomic mass is 19.3. The van der Waals surface area contributed by atoms with Crippen molar-refractivity contribution in [3.05, 3.63) is 29.8 Å². The van der Waals surface area contributed by atoms with Crippen molar-refractivity contribution in [3.8, 4) is 0 Å². The molecule has 2 rings (SSSR count). The smallest absolute Gasteiger partial charge is 0.319 e. The summed E-state index contributed by atoms with van der Waals surface area (Å²) in [5.41, 5.74) is 0.147. The minimum absolute atomic E-state index is 0.0890. The van der Waals surface area contributed by atoms with Gasteiger partial charge in [-0.15, -0.1) is 0 Å². The summed E-state index contributed by atoms with van der Waals surface area (Å²) in [7, 11) is 0. The van der Waals surface area contributed by atoms with E-state index in [1.54, 1.807) is 0 Å². The molecule has 0 saturated heterocycles. The Labute approximate surface area is 126 Å². The predicted octanol–water partition coefficient (Wildman–Crippen LogP) is 3.39. The number of hydrogen-bond donors (Lipinski definition) is 3. The first-order valence-corrected chi connectivity index (χ1v) is 7.14. The number of aliphatic carboxylic acids is 1. The van der Waals surface area contributed by atoms with Gasteiger partial charge in [0.05, 0.1) is 5.92 Å². The van der Waals surface area contributed by atoms with Gasteiger partial charge in [-0.1, -0.05) is 12.1 Å². The summed E-state index contributed by atoms with van der Waals surface area (Å²) in [5, 5.41) is 14.2. The minimum atomic E-state index is -2.59. The van der Waals surface area contributed by atoms with Gasteiger partial charge >= 0.3 is 12.0 Å². The molecule has 3 N–H and O–H groups in total. The number of alkyl halides is 2. The van der Waals surface area contributed by atoms with Gasteiger partial charge < -0.3 is 15.7 Å². The van der Waals surface area contributed by atoms with E-state index in [-0.39, 0.29) is 17.5 Å². The standard InChI is InChI=1S/C15H18F2N2O3/c16-13(17)10-2-1-3-12(8-10)19-15(22)18-11-6-4-9(5-7-11)14(20)21/h1-3,8-9,11,13H,4-7H2,(H,20,21)(H2,18,19,22). The molecule has 0 unspecified atom stereocenters. The first-order valence-electron chi connectivity index (χ1n) is 7.14. The molecule has 0 radical (unpaired) electrons. The fourth-order valence-electron chi connectivity index (χ4n) is 2.59. The largest absolute Gasteiger partial charge is 0.481 e. The lowest BCUT2D eigenvalue weighted by molar-refractivity contribution is -0.142. The van der Waals surface area contributed by atoms with Crippen LogP contribution in [0.3, 0.4) is 0 Å². The zero-order valence-electron chi connectivity index (χ0n) is 11.9. The summed E-state index contributed by atoms with van der Waals surface area (Å²) >= 11 is 0. The fourth-order valence-corrected chi connectivity index (χ4v) is 2.59. The highest BCUT2D eigenvalue weighted by Gasteiger charge is 2.26. The zero-order valence-corrected chi connectivity index (χ0v) is 11.9. The van der Waals surface area contributed by atoms with Crippen LogP contribution in [0.1, 0.15) is 37.7 Å². The Morgan fingerprint density at radius 1 is 1.18 bits per heavy atom. The van der Waals surface area contributed by atoms with Crippen LogP contribution in [0, 0.1) is 5.92 Å². The maximum atomic E-state index is 12.6. The van der Waals surface area contributed by atoms with Gasteiger partial charge in [0, 0.05) is 17.3 Å². The molecule has 1 fully saturated rings. The highest BCUT2D eigenvalue weighted by molar-refractivity contribution is 5.89. The Morgan fingerprint density at radius 2 is 1.86 bits per heavy atom. The van der Waals surface area contributed by atoms with Crippen molar-refractivity contribution >= 4 is 17.7 Å². The van der Waals surface area contributed by atoms with Crippen LogP contribution in [0.15, 0.2) is 24.3 Å². The van der Waals surface area contributed by atoms with Crippen molar-refractivity contribution in [1.29, 1.82) is 0 Å². The number of amides is 2. The van der Waals surface area contributed by atoms with Crippen molar-refractivity contribution in [2.45, 2.75) is 38.2 Å². The lowest BCUT2D eigenvalue weighted by atomic mass is 9.86. The lowest BCUT2D eigenvalue weighted by Gasteiger charge is -2.26. The molecule has 2 amide bonds. The lowest BCUT2D eigenvalue weighted by Crippen LogP contribution is -2.40. The molecule has 0 aromatic heterocycles. The van der Waals surface area contributed by atoms with E-state index in [0.717, 1.165) is 0 Å². The van der Waals surface area contributed by atoms with Gasteiger partial charge in [0.1, 0.15) is 0 Å². The third kappa shape index (κ3) is 4.41. The average molecular weight is 312 g/mol. The van der Waals surface area contributed by atoms with Gasteiger partial charge in [0.15, 0.2) is 0 Å². The maximum Gasteiger partial charge on any atom is 0.319 e. The number of urea groups is 1. The SMILES string of the molecule is O=C(Nc1cccc(C(F)F)c1)NC1CCC(C(=O)O)CC1. The van der Waals surface area contributed by atoms with Gasteiger partial charge in [-0.05, 0) is 37.8 Å². The molecular weight excluding hydrogens is 294 g/mol. The second kappa shape index (κ2) is 7.20. The number of anilines is 1. The summed E-state index contributed by atoms with van der Waals surface area (Å²) in [6.45, 7) is 0. The summed E-state index contributed by atoms with van der Waals surface area (Å²) in [6, 6.07) is 4.95. The monoisotopic (exact) mass is 312 g/mol. The second-order valence-electron chi connectivity index (χ2n) is 5.41. The van der Waals surface area contributed by atoms with Crippen LogP contribution in [0.25, 0.3) is 0 Å². The quantitative estimate of drug-likeness (QED) is 0.797. The molecule has 1 aliphatic carbocycles. The van der Waals surface area contributed by atoms with Gasteiger partial charge in [0.25, 0.3) is 6.43 Å². The van der Waals surface area contributed by atoms with Gasteiger partial charge in [0.2, 0.25) is 0 Å². The summed E-state index contributed by atoms with van der Waals surface area (Å²) in [5.74, 6) is -1.14. The first-order chi connectivity index (χ1) is 10.5.